The van der Waals surface area contributed by atoms with Crippen LogP contribution in [0.3, 0.4) is 0 Å². The molecule has 0 aliphatic carbocycles. The molecule has 24 heavy (non-hydrogen) atoms. The Bertz CT molecular complexity index is 760. The molecule has 4 heterocycles. The lowest BCUT2D eigenvalue weighted by Gasteiger charge is -2.50. The van der Waals surface area contributed by atoms with Crippen molar-refractivity contribution >= 4 is 10.9 Å². The summed E-state index contributed by atoms with van der Waals surface area (Å²) in [6, 6.07) is 7.96. The molecule has 3 fully saturated rings. The Morgan fingerprint density at radius 2 is 2.29 bits per heavy atom. The average Bonchev–Trinajstić information content (AvgIpc) is 2.66. The SMILES string of the molecule is C=C[C@H]1CN2CCC1CC2[C@@H](O)c1ccnc2ccc(OC)cc12. The van der Waals surface area contributed by atoms with Crippen molar-refractivity contribution in [3.05, 3.63) is 48.7 Å². The molecule has 4 nitrogen and oxygen atoms in total. The van der Waals surface area contributed by atoms with Gasteiger partial charge in [-0.2, -0.15) is 0 Å². The van der Waals surface area contributed by atoms with Crippen molar-refractivity contribution in [2.45, 2.75) is 25.0 Å². The third-order valence-corrected chi connectivity index (χ3v) is 5.82. The summed E-state index contributed by atoms with van der Waals surface area (Å²) in [5, 5.41) is 12.1. The van der Waals surface area contributed by atoms with Crippen molar-refractivity contribution in [3.63, 3.8) is 0 Å². The van der Waals surface area contributed by atoms with E-state index < -0.39 is 6.10 Å². The summed E-state index contributed by atoms with van der Waals surface area (Å²) < 4.78 is 5.35. The van der Waals surface area contributed by atoms with E-state index in [2.05, 4.69) is 22.5 Å². The maximum absolute atomic E-state index is 11.2. The molecule has 3 aliphatic heterocycles. The fraction of sp³-hybridized carbons (Fsp3) is 0.450. The maximum Gasteiger partial charge on any atom is 0.119 e. The first kappa shape index (κ1) is 15.6. The lowest BCUT2D eigenvalue weighted by atomic mass is 9.73. The van der Waals surface area contributed by atoms with E-state index in [4.69, 9.17) is 4.74 Å². The fourth-order valence-corrected chi connectivity index (χ4v) is 4.44. The highest BCUT2D eigenvalue weighted by Crippen LogP contribution is 2.42. The van der Waals surface area contributed by atoms with E-state index in [0.717, 1.165) is 41.7 Å². The van der Waals surface area contributed by atoms with Crippen LogP contribution in [-0.4, -0.2) is 41.2 Å². The number of hydrogen-bond acceptors (Lipinski definition) is 4. The van der Waals surface area contributed by atoms with Crippen molar-refractivity contribution in [3.8, 4) is 5.75 Å². The number of rotatable bonds is 4. The second-order valence-corrected chi connectivity index (χ2v) is 6.97. The van der Waals surface area contributed by atoms with Gasteiger partial charge in [0.1, 0.15) is 5.75 Å². The lowest BCUT2D eigenvalue weighted by molar-refractivity contribution is -0.0444. The second kappa shape index (κ2) is 6.19. The van der Waals surface area contributed by atoms with Crippen LogP contribution >= 0.6 is 0 Å². The standard InChI is InChI=1S/C20H24N2O2/c1-3-13-12-22-9-7-14(13)10-19(22)20(23)16-6-8-21-18-5-4-15(24-2)11-17(16)18/h3-6,8,11,13-14,19-20,23H,1,7,9-10,12H2,2H3/t13-,14?,19?,20-/m0/s1. The molecule has 5 rings (SSSR count). The number of benzene rings is 1. The molecule has 3 unspecified atom stereocenters. The Kier molecular flexibility index (Phi) is 4.02. The highest BCUT2D eigenvalue weighted by molar-refractivity contribution is 5.83. The van der Waals surface area contributed by atoms with E-state index in [1.165, 1.54) is 6.42 Å². The number of aromatic nitrogens is 1. The molecular formula is C20H24N2O2. The normalized spacial score (nSPS) is 30.2. The highest BCUT2D eigenvalue weighted by Gasteiger charge is 2.42. The molecule has 5 atom stereocenters. The number of piperidine rings is 3. The van der Waals surface area contributed by atoms with E-state index >= 15 is 0 Å². The molecule has 4 heteroatoms. The summed E-state index contributed by atoms with van der Waals surface area (Å²) >= 11 is 0. The molecule has 1 N–H and O–H groups in total. The minimum atomic E-state index is -0.504. The van der Waals surface area contributed by atoms with Gasteiger partial charge in [0.15, 0.2) is 0 Å². The molecule has 0 saturated carbocycles. The molecule has 2 aromatic rings. The molecular weight excluding hydrogens is 300 g/mol. The van der Waals surface area contributed by atoms with Crippen LogP contribution in [0.2, 0.25) is 0 Å². The molecule has 1 aromatic carbocycles. The van der Waals surface area contributed by atoms with Crippen LogP contribution in [0.15, 0.2) is 43.1 Å². The summed E-state index contributed by atoms with van der Waals surface area (Å²) in [7, 11) is 1.66. The zero-order chi connectivity index (χ0) is 16.7. The first-order valence-electron chi connectivity index (χ1n) is 8.68. The molecule has 0 spiro atoms. The monoisotopic (exact) mass is 324 g/mol. The van der Waals surface area contributed by atoms with Crippen molar-refractivity contribution in [1.82, 2.24) is 9.88 Å². The minimum Gasteiger partial charge on any atom is -0.497 e. The van der Waals surface area contributed by atoms with Crippen LogP contribution in [0, 0.1) is 11.8 Å². The van der Waals surface area contributed by atoms with Gasteiger partial charge in [0, 0.05) is 24.2 Å². The number of hydrogen-bond donors (Lipinski definition) is 1. The van der Waals surface area contributed by atoms with E-state index in [-0.39, 0.29) is 6.04 Å². The molecule has 2 bridgehead atoms. The zero-order valence-corrected chi connectivity index (χ0v) is 14.1. The third kappa shape index (κ3) is 2.50. The van der Waals surface area contributed by atoms with Gasteiger partial charge in [-0.05, 0) is 61.1 Å². The average molecular weight is 324 g/mol. The zero-order valence-electron chi connectivity index (χ0n) is 14.1. The van der Waals surface area contributed by atoms with Crippen LogP contribution in [0.25, 0.3) is 10.9 Å². The van der Waals surface area contributed by atoms with Crippen LogP contribution in [0.4, 0.5) is 0 Å². The number of methoxy groups -OCH3 is 1. The van der Waals surface area contributed by atoms with Gasteiger partial charge in [-0.25, -0.2) is 0 Å². The summed E-state index contributed by atoms with van der Waals surface area (Å²) in [5.74, 6) is 2.01. The number of pyridine rings is 1. The van der Waals surface area contributed by atoms with Gasteiger partial charge in [-0.3, -0.25) is 9.88 Å². The van der Waals surface area contributed by atoms with Gasteiger partial charge in [-0.15, -0.1) is 6.58 Å². The number of ether oxygens (including phenoxy) is 1. The largest absolute Gasteiger partial charge is 0.497 e. The van der Waals surface area contributed by atoms with E-state index in [9.17, 15) is 5.11 Å². The number of aliphatic hydroxyl groups is 1. The Morgan fingerprint density at radius 1 is 1.42 bits per heavy atom. The number of aliphatic hydroxyl groups excluding tert-OH is 1. The Balaban J connectivity index is 1.69. The van der Waals surface area contributed by atoms with Gasteiger partial charge in [0.05, 0.1) is 18.7 Å². The molecule has 126 valence electrons. The molecule has 0 radical (unpaired) electrons. The summed E-state index contributed by atoms with van der Waals surface area (Å²) in [4.78, 5) is 6.86. The third-order valence-electron chi connectivity index (χ3n) is 5.82. The molecule has 1 aromatic heterocycles. The smallest absolute Gasteiger partial charge is 0.119 e. The maximum atomic E-state index is 11.2. The molecule has 3 aliphatic rings. The van der Waals surface area contributed by atoms with Gasteiger partial charge < -0.3 is 9.84 Å². The van der Waals surface area contributed by atoms with Gasteiger partial charge in [0.25, 0.3) is 0 Å². The predicted molar refractivity (Wildman–Crippen MR) is 95.0 cm³/mol. The summed E-state index contributed by atoms with van der Waals surface area (Å²) in [6.45, 7) is 6.07. The van der Waals surface area contributed by atoms with E-state index in [1.807, 2.05) is 24.3 Å². The van der Waals surface area contributed by atoms with Crippen molar-refractivity contribution in [2.24, 2.45) is 11.8 Å². The molecule has 3 saturated heterocycles. The van der Waals surface area contributed by atoms with Crippen molar-refractivity contribution in [2.75, 3.05) is 20.2 Å². The molecule has 0 amide bonds. The first-order valence-corrected chi connectivity index (χ1v) is 8.68. The van der Waals surface area contributed by atoms with Crippen LogP contribution in [0.1, 0.15) is 24.5 Å². The summed E-state index contributed by atoms with van der Waals surface area (Å²) in [6.07, 6.45) is 5.62. The van der Waals surface area contributed by atoms with Gasteiger partial charge >= 0.3 is 0 Å². The fourth-order valence-electron chi connectivity index (χ4n) is 4.44. The highest BCUT2D eigenvalue weighted by atomic mass is 16.5. The second-order valence-electron chi connectivity index (χ2n) is 6.97. The van der Waals surface area contributed by atoms with E-state index in [0.29, 0.717) is 11.8 Å². The van der Waals surface area contributed by atoms with Gasteiger partial charge in [-0.1, -0.05) is 6.08 Å². The predicted octanol–water partition coefficient (Wildman–Crippen LogP) is 3.17. The van der Waals surface area contributed by atoms with E-state index in [1.54, 1.807) is 13.3 Å². The lowest BCUT2D eigenvalue weighted by Crippen LogP contribution is -2.54. The topological polar surface area (TPSA) is 45.6 Å². The Labute approximate surface area is 142 Å². The van der Waals surface area contributed by atoms with Crippen LogP contribution < -0.4 is 4.74 Å². The van der Waals surface area contributed by atoms with Gasteiger partial charge in [0.2, 0.25) is 0 Å². The minimum absolute atomic E-state index is 0.178. The Hall–Kier alpha value is -1.91. The van der Waals surface area contributed by atoms with Crippen molar-refractivity contribution < 1.29 is 9.84 Å². The first-order chi connectivity index (χ1) is 11.7. The van der Waals surface area contributed by atoms with Crippen molar-refractivity contribution in [1.29, 1.82) is 0 Å². The van der Waals surface area contributed by atoms with Crippen LogP contribution in [-0.2, 0) is 0 Å². The number of nitrogens with zero attached hydrogens (tertiary/aromatic N) is 2. The quantitative estimate of drug-likeness (QED) is 0.878. The number of fused-ring (bicyclic) bond motifs is 4. The Morgan fingerprint density at radius 3 is 3.00 bits per heavy atom. The van der Waals surface area contributed by atoms with Crippen LogP contribution in [0.5, 0.6) is 5.75 Å². The summed E-state index contributed by atoms with van der Waals surface area (Å²) in [5.41, 5.74) is 1.85.